The van der Waals surface area contributed by atoms with Crippen LogP contribution in [0.1, 0.15) is 11.3 Å². The van der Waals surface area contributed by atoms with Crippen LogP contribution in [0.4, 0.5) is 0 Å². The first-order valence-corrected chi connectivity index (χ1v) is 8.78. The number of aryl methyl sites for hydroxylation is 1. The summed E-state index contributed by atoms with van der Waals surface area (Å²) >= 11 is 0. The molecule has 2 heterocycles. The highest BCUT2D eigenvalue weighted by Gasteiger charge is 2.25. The van der Waals surface area contributed by atoms with Crippen LogP contribution in [0.2, 0.25) is 0 Å². The van der Waals surface area contributed by atoms with Crippen molar-refractivity contribution in [2.24, 2.45) is 7.05 Å². The number of rotatable bonds is 4. The Hall–Kier alpha value is -2.95. The number of ether oxygens (including phenoxy) is 2. The van der Waals surface area contributed by atoms with Crippen LogP contribution in [0.15, 0.2) is 48.5 Å². The molecule has 4 rings (SSSR count). The molecule has 5 heteroatoms. The number of nitrogens with zero attached hydrogens (tertiary/aromatic N) is 2. The molecule has 1 aliphatic rings. The molecule has 0 aliphatic carbocycles. The van der Waals surface area contributed by atoms with Gasteiger partial charge in [-0.2, -0.15) is 0 Å². The molecule has 0 bridgehead atoms. The molecule has 0 spiro atoms. The maximum absolute atomic E-state index is 12.7. The van der Waals surface area contributed by atoms with Crippen LogP contribution >= 0.6 is 0 Å². The van der Waals surface area contributed by atoms with Gasteiger partial charge in [-0.1, -0.05) is 30.3 Å². The van der Waals surface area contributed by atoms with Crippen LogP contribution in [0, 0.1) is 0 Å². The Kier molecular flexibility index (Phi) is 4.29. The molecule has 134 valence electrons. The zero-order valence-corrected chi connectivity index (χ0v) is 15.1. The number of hydrogen-bond acceptors (Lipinski definition) is 3. The van der Waals surface area contributed by atoms with Crippen molar-refractivity contribution in [2.45, 2.75) is 13.0 Å². The normalized spacial score (nSPS) is 13.5. The molecule has 0 atom stereocenters. The van der Waals surface area contributed by atoms with Crippen LogP contribution in [0.25, 0.3) is 10.9 Å². The number of fused-ring (bicyclic) bond motifs is 3. The molecular weight excluding hydrogens is 328 g/mol. The Morgan fingerprint density at radius 2 is 1.81 bits per heavy atom. The SMILES string of the molecule is COc1ccccc1OCC(=O)N1CCc2c(n(C)c3ccccc23)C1. The van der Waals surface area contributed by atoms with Crippen molar-refractivity contribution in [2.75, 3.05) is 20.3 Å². The minimum absolute atomic E-state index is 0.00758. The van der Waals surface area contributed by atoms with Crippen molar-refractivity contribution in [1.29, 1.82) is 0 Å². The van der Waals surface area contributed by atoms with E-state index in [2.05, 4.69) is 35.9 Å². The van der Waals surface area contributed by atoms with E-state index in [-0.39, 0.29) is 12.5 Å². The predicted molar refractivity (Wildman–Crippen MR) is 101 cm³/mol. The molecule has 1 amide bonds. The fourth-order valence-corrected chi connectivity index (χ4v) is 3.69. The number of para-hydroxylation sites is 3. The van der Waals surface area contributed by atoms with Gasteiger partial charge in [0.05, 0.1) is 13.7 Å². The van der Waals surface area contributed by atoms with Gasteiger partial charge in [-0.15, -0.1) is 0 Å². The largest absolute Gasteiger partial charge is 0.493 e. The highest BCUT2D eigenvalue weighted by molar-refractivity contribution is 5.86. The summed E-state index contributed by atoms with van der Waals surface area (Å²) in [7, 11) is 3.66. The lowest BCUT2D eigenvalue weighted by Crippen LogP contribution is -2.39. The Morgan fingerprint density at radius 3 is 2.62 bits per heavy atom. The highest BCUT2D eigenvalue weighted by atomic mass is 16.5. The van der Waals surface area contributed by atoms with Crippen molar-refractivity contribution >= 4 is 16.8 Å². The predicted octanol–water partition coefficient (Wildman–Crippen LogP) is 3.15. The number of aromatic nitrogens is 1. The smallest absolute Gasteiger partial charge is 0.260 e. The monoisotopic (exact) mass is 350 g/mol. The summed E-state index contributed by atoms with van der Waals surface area (Å²) in [4.78, 5) is 14.5. The number of carbonyl (C=O) groups excluding carboxylic acids is 1. The Morgan fingerprint density at radius 1 is 1.08 bits per heavy atom. The maximum atomic E-state index is 12.7. The van der Waals surface area contributed by atoms with Crippen molar-refractivity contribution in [3.63, 3.8) is 0 Å². The molecule has 0 unspecified atom stereocenters. The summed E-state index contributed by atoms with van der Waals surface area (Å²) in [5.41, 5.74) is 3.79. The molecule has 0 N–H and O–H groups in total. The van der Waals surface area contributed by atoms with Crippen molar-refractivity contribution in [1.82, 2.24) is 9.47 Å². The average Bonchev–Trinajstić information content (AvgIpc) is 2.98. The second-order valence-electron chi connectivity index (χ2n) is 6.51. The average molecular weight is 350 g/mol. The zero-order chi connectivity index (χ0) is 18.1. The van der Waals surface area contributed by atoms with Crippen molar-refractivity contribution < 1.29 is 14.3 Å². The minimum atomic E-state index is -0.00758. The van der Waals surface area contributed by atoms with Gasteiger partial charge in [0.1, 0.15) is 0 Å². The molecule has 26 heavy (non-hydrogen) atoms. The van der Waals surface area contributed by atoms with Crippen molar-refractivity contribution in [3.8, 4) is 11.5 Å². The molecule has 5 nitrogen and oxygen atoms in total. The van der Waals surface area contributed by atoms with E-state index >= 15 is 0 Å². The lowest BCUT2D eigenvalue weighted by atomic mass is 10.0. The molecule has 0 radical (unpaired) electrons. The van der Waals surface area contributed by atoms with Crippen LogP contribution in [-0.4, -0.2) is 35.6 Å². The van der Waals surface area contributed by atoms with E-state index in [4.69, 9.17) is 9.47 Å². The van der Waals surface area contributed by atoms with Crippen LogP contribution in [-0.2, 0) is 24.8 Å². The van der Waals surface area contributed by atoms with E-state index in [1.807, 2.05) is 29.2 Å². The minimum Gasteiger partial charge on any atom is -0.493 e. The number of benzene rings is 2. The number of methoxy groups -OCH3 is 1. The third-order valence-corrected chi connectivity index (χ3v) is 5.09. The Labute approximate surface area is 152 Å². The van der Waals surface area contributed by atoms with E-state index in [1.54, 1.807) is 7.11 Å². The van der Waals surface area contributed by atoms with Gasteiger partial charge in [-0.25, -0.2) is 0 Å². The van der Waals surface area contributed by atoms with Gasteiger partial charge in [-0.3, -0.25) is 4.79 Å². The van der Waals surface area contributed by atoms with Gasteiger partial charge in [-0.05, 0) is 30.2 Å². The zero-order valence-electron chi connectivity index (χ0n) is 15.1. The Balaban J connectivity index is 1.49. The molecule has 1 aromatic heterocycles. The van der Waals surface area contributed by atoms with Gasteiger partial charge in [0.25, 0.3) is 5.91 Å². The highest BCUT2D eigenvalue weighted by Crippen LogP contribution is 2.30. The summed E-state index contributed by atoms with van der Waals surface area (Å²) in [6.45, 7) is 1.35. The third kappa shape index (κ3) is 2.79. The van der Waals surface area contributed by atoms with Gasteiger partial charge in [0.15, 0.2) is 18.1 Å². The molecule has 0 fully saturated rings. The summed E-state index contributed by atoms with van der Waals surface area (Å²) in [5, 5.41) is 1.29. The second-order valence-corrected chi connectivity index (χ2v) is 6.51. The van der Waals surface area contributed by atoms with E-state index in [0.717, 1.165) is 13.0 Å². The van der Waals surface area contributed by atoms with Crippen LogP contribution in [0.3, 0.4) is 0 Å². The molecule has 0 saturated heterocycles. The summed E-state index contributed by atoms with van der Waals surface area (Å²) in [6.07, 6.45) is 0.872. The molecule has 2 aromatic carbocycles. The summed E-state index contributed by atoms with van der Waals surface area (Å²) in [6, 6.07) is 15.8. The fraction of sp³-hybridized carbons (Fsp3) is 0.286. The molecule has 3 aromatic rings. The first-order chi connectivity index (χ1) is 12.7. The lowest BCUT2D eigenvalue weighted by Gasteiger charge is -2.28. The molecule has 0 saturated carbocycles. The first-order valence-electron chi connectivity index (χ1n) is 8.78. The quantitative estimate of drug-likeness (QED) is 0.726. The van der Waals surface area contributed by atoms with Gasteiger partial charge < -0.3 is 18.9 Å². The van der Waals surface area contributed by atoms with E-state index in [0.29, 0.717) is 18.0 Å². The van der Waals surface area contributed by atoms with E-state index < -0.39 is 0 Å². The van der Waals surface area contributed by atoms with E-state index in [1.165, 1.54) is 22.2 Å². The lowest BCUT2D eigenvalue weighted by molar-refractivity contribution is -0.134. The van der Waals surface area contributed by atoms with Crippen LogP contribution in [0.5, 0.6) is 11.5 Å². The molecule has 1 aliphatic heterocycles. The van der Waals surface area contributed by atoms with Gasteiger partial charge in [0.2, 0.25) is 0 Å². The van der Waals surface area contributed by atoms with E-state index in [9.17, 15) is 4.79 Å². The van der Waals surface area contributed by atoms with Crippen LogP contribution < -0.4 is 9.47 Å². The van der Waals surface area contributed by atoms with Gasteiger partial charge in [0, 0.05) is 30.2 Å². The fourth-order valence-electron chi connectivity index (χ4n) is 3.69. The first kappa shape index (κ1) is 16.5. The summed E-state index contributed by atoms with van der Waals surface area (Å²) in [5.74, 6) is 1.22. The summed E-state index contributed by atoms with van der Waals surface area (Å²) < 4.78 is 13.2. The Bertz CT molecular complexity index is 961. The maximum Gasteiger partial charge on any atom is 0.260 e. The third-order valence-electron chi connectivity index (χ3n) is 5.09. The van der Waals surface area contributed by atoms with Gasteiger partial charge >= 0.3 is 0 Å². The molecular formula is C21H22N2O3. The standard InChI is InChI=1S/C21H22N2O3/c1-22-17-8-4-3-7-15(17)16-11-12-23(13-18(16)22)21(24)14-26-20-10-6-5-9-19(20)25-2/h3-10H,11-14H2,1-2H3. The van der Waals surface area contributed by atoms with Crippen molar-refractivity contribution in [3.05, 3.63) is 59.8 Å². The number of amides is 1. The number of carbonyl (C=O) groups is 1. The topological polar surface area (TPSA) is 43.7 Å². The second kappa shape index (κ2) is 6.75. The number of hydrogen-bond donors (Lipinski definition) is 0.